The van der Waals surface area contributed by atoms with E-state index in [0.717, 1.165) is 29.5 Å². The van der Waals surface area contributed by atoms with Crippen LogP contribution in [0.25, 0.3) is 11.1 Å². The molecule has 0 aliphatic heterocycles. The lowest BCUT2D eigenvalue weighted by atomic mass is 9.92. The molecule has 0 aromatic heterocycles. The normalized spacial score (nSPS) is 12.5. The van der Waals surface area contributed by atoms with Crippen molar-refractivity contribution in [2.75, 3.05) is 13.2 Å². The van der Waals surface area contributed by atoms with Crippen molar-refractivity contribution in [2.24, 2.45) is 11.7 Å². The summed E-state index contributed by atoms with van der Waals surface area (Å²) in [6, 6.07) is 13.8. The lowest BCUT2D eigenvalue weighted by Gasteiger charge is -2.25. The van der Waals surface area contributed by atoms with Gasteiger partial charge >= 0.3 is 11.9 Å². The van der Waals surface area contributed by atoms with E-state index in [4.69, 9.17) is 31.5 Å². The van der Waals surface area contributed by atoms with Crippen molar-refractivity contribution in [3.05, 3.63) is 53.1 Å². The molecule has 35 heavy (non-hydrogen) atoms. The van der Waals surface area contributed by atoms with Gasteiger partial charge in [0.1, 0.15) is 11.9 Å². The third-order valence-corrected chi connectivity index (χ3v) is 5.82. The second kappa shape index (κ2) is 14.4. The summed E-state index contributed by atoms with van der Waals surface area (Å²) in [6.45, 7) is 5.36. The second-order valence-corrected chi connectivity index (χ2v) is 8.87. The van der Waals surface area contributed by atoms with Crippen LogP contribution in [0.2, 0.25) is 5.02 Å². The number of ether oxygens (including phenoxy) is 3. The van der Waals surface area contributed by atoms with E-state index in [1.807, 2.05) is 42.5 Å². The molecule has 190 valence electrons. The Morgan fingerprint density at radius 2 is 1.69 bits per heavy atom. The molecule has 2 aromatic rings. The maximum atomic E-state index is 11.5. The summed E-state index contributed by atoms with van der Waals surface area (Å²) in [7, 11) is 0. The number of rotatable bonds is 14. The van der Waals surface area contributed by atoms with Crippen LogP contribution in [0.3, 0.4) is 0 Å². The Bertz CT molecular complexity index is 976. The van der Waals surface area contributed by atoms with Gasteiger partial charge in [-0.25, -0.2) is 0 Å². The van der Waals surface area contributed by atoms with Crippen LogP contribution in [0.5, 0.6) is 5.75 Å². The lowest BCUT2D eigenvalue weighted by molar-refractivity contribution is -0.154. The number of aryl methyl sites for hydroxylation is 1. The average molecular weight is 504 g/mol. The Hall–Kier alpha value is -3.06. The molecular weight excluding hydrogens is 470 g/mol. The largest absolute Gasteiger partial charge is 0.492 e. The molecule has 0 radical (unpaired) electrons. The molecule has 0 aliphatic rings. The van der Waals surface area contributed by atoms with E-state index in [1.165, 1.54) is 13.8 Å². The standard InChI is InChI=1S/C27H34ClNO6/c1-4-5-14-33-25-13-12-22(15-24(25)28)21-9-6-20(7-10-21)8-11-23(17-34-18(2)30)26(16-27(29)32)35-19(3)31/h6-7,9-10,12-13,15,23,26H,4-5,8,11,14,16-17H2,1-3H3,(H2,29,32). The summed E-state index contributed by atoms with van der Waals surface area (Å²) in [5.41, 5.74) is 8.38. The Labute approximate surface area is 211 Å². The molecule has 2 unspecified atom stereocenters. The van der Waals surface area contributed by atoms with Gasteiger partial charge in [-0.1, -0.05) is 55.3 Å². The van der Waals surface area contributed by atoms with Gasteiger partial charge in [0.25, 0.3) is 0 Å². The molecule has 0 heterocycles. The Morgan fingerprint density at radius 3 is 2.26 bits per heavy atom. The second-order valence-electron chi connectivity index (χ2n) is 8.46. The summed E-state index contributed by atoms with van der Waals surface area (Å²) in [5.74, 6) is -1.24. The number of hydrogen-bond donors (Lipinski definition) is 1. The Balaban J connectivity index is 2.08. The number of unbranched alkanes of at least 4 members (excludes halogenated alkanes) is 1. The zero-order valence-corrected chi connectivity index (χ0v) is 21.3. The molecule has 2 aromatic carbocycles. The molecule has 0 aliphatic carbocycles. The highest BCUT2D eigenvalue weighted by Crippen LogP contribution is 2.31. The van der Waals surface area contributed by atoms with Crippen molar-refractivity contribution in [1.29, 1.82) is 0 Å². The number of esters is 2. The first kappa shape index (κ1) is 28.2. The highest BCUT2D eigenvalue weighted by molar-refractivity contribution is 6.32. The minimum Gasteiger partial charge on any atom is -0.492 e. The van der Waals surface area contributed by atoms with Crippen molar-refractivity contribution >= 4 is 29.4 Å². The van der Waals surface area contributed by atoms with Crippen LogP contribution in [0.15, 0.2) is 42.5 Å². The first-order valence-electron chi connectivity index (χ1n) is 11.8. The molecule has 2 N–H and O–H groups in total. The zero-order chi connectivity index (χ0) is 25.8. The van der Waals surface area contributed by atoms with Crippen LogP contribution in [0.1, 0.15) is 52.0 Å². The fourth-order valence-electron chi connectivity index (χ4n) is 3.66. The van der Waals surface area contributed by atoms with Crippen molar-refractivity contribution in [1.82, 2.24) is 0 Å². The van der Waals surface area contributed by atoms with Gasteiger partial charge in [0.05, 0.1) is 24.7 Å². The molecular formula is C27H34ClNO6. The molecule has 0 saturated heterocycles. The fourth-order valence-corrected chi connectivity index (χ4v) is 3.89. The summed E-state index contributed by atoms with van der Waals surface area (Å²) in [5, 5.41) is 0.571. The number of hydrogen-bond acceptors (Lipinski definition) is 6. The summed E-state index contributed by atoms with van der Waals surface area (Å²) in [6.07, 6.45) is 2.31. The first-order valence-corrected chi connectivity index (χ1v) is 12.2. The third-order valence-electron chi connectivity index (χ3n) is 5.52. The SMILES string of the molecule is CCCCOc1ccc(-c2ccc(CCC(COC(C)=O)C(CC(N)=O)OC(C)=O)cc2)cc1Cl. The van der Waals surface area contributed by atoms with Gasteiger partial charge in [-0.15, -0.1) is 0 Å². The number of nitrogens with two attached hydrogens (primary N) is 1. The molecule has 2 rings (SSSR count). The average Bonchev–Trinajstić information content (AvgIpc) is 2.79. The van der Waals surface area contributed by atoms with Crippen LogP contribution in [-0.4, -0.2) is 37.2 Å². The molecule has 7 nitrogen and oxygen atoms in total. The van der Waals surface area contributed by atoms with Crippen molar-refractivity contribution < 1.29 is 28.6 Å². The third kappa shape index (κ3) is 9.99. The fraction of sp³-hybridized carbons (Fsp3) is 0.444. The highest BCUT2D eigenvalue weighted by atomic mass is 35.5. The predicted octanol–water partition coefficient (Wildman–Crippen LogP) is 5.10. The molecule has 0 saturated carbocycles. The molecule has 0 spiro atoms. The van der Waals surface area contributed by atoms with Gasteiger partial charge in [0.15, 0.2) is 0 Å². The summed E-state index contributed by atoms with van der Waals surface area (Å²) < 4.78 is 16.2. The van der Waals surface area contributed by atoms with E-state index in [9.17, 15) is 14.4 Å². The Kier molecular flexibility index (Phi) is 11.6. The zero-order valence-electron chi connectivity index (χ0n) is 20.6. The van der Waals surface area contributed by atoms with Crippen molar-refractivity contribution in [3.8, 4) is 16.9 Å². The number of benzene rings is 2. The number of primary amides is 1. The van der Waals surface area contributed by atoms with E-state index < -0.39 is 23.9 Å². The van der Waals surface area contributed by atoms with Crippen LogP contribution >= 0.6 is 11.6 Å². The smallest absolute Gasteiger partial charge is 0.302 e. The van der Waals surface area contributed by atoms with Crippen LogP contribution in [-0.2, 0) is 30.3 Å². The van der Waals surface area contributed by atoms with Crippen LogP contribution in [0, 0.1) is 5.92 Å². The number of carbonyl (C=O) groups excluding carboxylic acids is 3. The van der Waals surface area contributed by atoms with Gasteiger partial charge in [-0.3, -0.25) is 14.4 Å². The van der Waals surface area contributed by atoms with Gasteiger partial charge < -0.3 is 19.9 Å². The number of carbonyl (C=O) groups is 3. The Morgan fingerprint density at radius 1 is 1.00 bits per heavy atom. The van der Waals surface area contributed by atoms with E-state index in [2.05, 4.69) is 6.92 Å². The minimum atomic E-state index is -0.760. The molecule has 1 amide bonds. The van der Waals surface area contributed by atoms with Gasteiger partial charge in [0, 0.05) is 19.8 Å². The lowest BCUT2D eigenvalue weighted by Crippen LogP contribution is -2.34. The van der Waals surface area contributed by atoms with E-state index >= 15 is 0 Å². The van der Waals surface area contributed by atoms with E-state index in [0.29, 0.717) is 30.2 Å². The van der Waals surface area contributed by atoms with Crippen molar-refractivity contribution in [2.45, 2.75) is 59.0 Å². The predicted molar refractivity (Wildman–Crippen MR) is 135 cm³/mol. The van der Waals surface area contributed by atoms with E-state index in [1.54, 1.807) is 0 Å². The van der Waals surface area contributed by atoms with Gasteiger partial charge in [-0.2, -0.15) is 0 Å². The van der Waals surface area contributed by atoms with E-state index in [-0.39, 0.29) is 18.9 Å². The van der Waals surface area contributed by atoms with Crippen LogP contribution < -0.4 is 10.5 Å². The number of amides is 1. The van der Waals surface area contributed by atoms with Gasteiger partial charge in [0.2, 0.25) is 5.91 Å². The highest BCUT2D eigenvalue weighted by Gasteiger charge is 2.27. The maximum absolute atomic E-state index is 11.5. The monoisotopic (exact) mass is 503 g/mol. The topological polar surface area (TPSA) is 105 Å². The first-order chi connectivity index (χ1) is 16.7. The number of halogens is 1. The maximum Gasteiger partial charge on any atom is 0.302 e. The summed E-state index contributed by atoms with van der Waals surface area (Å²) in [4.78, 5) is 34.4. The molecule has 2 atom stereocenters. The van der Waals surface area contributed by atoms with Crippen molar-refractivity contribution in [3.63, 3.8) is 0 Å². The molecule has 0 bridgehead atoms. The van der Waals surface area contributed by atoms with Gasteiger partial charge in [-0.05, 0) is 48.1 Å². The summed E-state index contributed by atoms with van der Waals surface area (Å²) >= 11 is 6.40. The van der Waals surface area contributed by atoms with Crippen LogP contribution in [0.4, 0.5) is 0 Å². The minimum absolute atomic E-state index is 0.0316. The quantitative estimate of drug-likeness (QED) is 0.284. The molecule has 8 heteroatoms. The molecule has 0 fully saturated rings.